The van der Waals surface area contributed by atoms with Gasteiger partial charge in [0.2, 0.25) is 17.7 Å². The molecule has 6 heteroatoms. The molecule has 1 saturated carbocycles. The van der Waals surface area contributed by atoms with Crippen LogP contribution in [0.5, 0.6) is 5.88 Å². The van der Waals surface area contributed by atoms with Gasteiger partial charge in [-0.1, -0.05) is 12.8 Å². The summed E-state index contributed by atoms with van der Waals surface area (Å²) in [7, 11) is 1.50. The number of carbonyl (C=O) groups is 1. The monoisotopic (exact) mass is 260 g/mol. The number of aromatic nitrogens is 2. The van der Waals surface area contributed by atoms with Crippen LogP contribution in [-0.4, -0.2) is 23.0 Å². The van der Waals surface area contributed by atoms with E-state index in [1.165, 1.54) is 7.11 Å². The second-order valence-corrected chi connectivity index (χ2v) is 4.73. The Morgan fingerprint density at radius 3 is 2.74 bits per heavy atom. The Balaban J connectivity index is 2.19. The molecule has 1 amide bonds. The number of carbonyl (C=O) groups excluding carboxylic acids is 1. The molecule has 0 atom stereocenters. The molecule has 0 radical (unpaired) electrons. The lowest BCUT2D eigenvalue weighted by atomic mass is 9.87. The summed E-state index contributed by atoms with van der Waals surface area (Å²) in [6.45, 7) is 1.79. The maximum Gasteiger partial charge on any atom is 0.247 e. The Morgan fingerprint density at radius 2 is 2.16 bits per heavy atom. The van der Waals surface area contributed by atoms with E-state index < -0.39 is 5.41 Å². The van der Waals surface area contributed by atoms with Crippen molar-refractivity contribution in [3.8, 4) is 11.9 Å². The van der Waals surface area contributed by atoms with E-state index >= 15 is 0 Å². The largest absolute Gasteiger partial charge is 0.481 e. The van der Waals surface area contributed by atoms with E-state index in [1.807, 2.05) is 0 Å². The lowest BCUT2D eigenvalue weighted by Crippen LogP contribution is -2.33. The van der Waals surface area contributed by atoms with Gasteiger partial charge in [-0.15, -0.1) is 0 Å². The molecule has 1 heterocycles. The second kappa shape index (κ2) is 5.22. The first-order chi connectivity index (χ1) is 9.09. The second-order valence-electron chi connectivity index (χ2n) is 4.73. The molecule has 1 aliphatic rings. The molecule has 100 valence electrons. The number of hydrogen-bond acceptors (Lipinski definition) is 5. The zero-order chi connectivity index (χ0) is 13.9. The molecule has 0 unspecified atom stereocenters. The fraction of sp³-hybridized carbons (Fsp3) is 0.538. The number of ether oxygens (including phenoxy) is 1. The highest BCUT2D eigenvalue weighted by molar-refractivity contribution is 5.96. The summed E-state index contributed by atoms with van der Waals surface area (Å²) in [4.78, 5) is 20.4. The molecule has 1 aromatic heterocycles. The first-order valence-corrected chi connectivity index (χ1v) is 6.22. The van der Waals surface area contributed by atoms with Crippen molar-refractivity contribution in [1.82, 2.24) is 9.97 Å². The van der Waals surface area contributed by atoms with Gasteiger partial charge in [0.25, 0.3) is 0 Å². The van der Waals surface area contributed by atoms with Crippen LogP contribution in [0, 0.1) is 23.7 Å². The average Bonchev–Trinajstić information content (AvgIpc) is 2.88. The molecule has 0 spiro atoms. The van der Waals surface area contributed by atoms with Gasteiger partial charge in [-0.2, -0.15) is 10.2 Å². The van der Waals surface area contributed by atoms with Crippen molar-refractivity contribution in [2.24, 2.45) is 5.41 Å². The number of nitrogens with one attached hydrogen (secondary N) is 1. The normalized spacial score (nSPS) is 16.7. The van der Waals surface area contributed by atoms with Gasteiger partial charge in [0.15, 0.2) is 0 Å². The van der Waals surface area contributed by atoms with Crippen LogP contribution in [0.4, 0.5) is 5.95 Å². The third-order valence-electron chi connectivity index (χ3n) is 3.37. The minimum Gasteiger partial charge on any atom is -0.481 e. The minimum absolute atomic E-state index is 0.184. The van der Waals surface area contributed by atoms with Crippen molar-refractivity contribution < 1.29 is 9.53 Å². The summed E-state index contributed by atoms with van der Waals surface area (Å²) in [5, 5.41) is 11.9. The number of nitriles is 1. The van der Waals surface area contributed by atoms with E-state index in [-0.39, 0.29) is 11.9 Å². The lowest BCUT2D eigenvalue weighted by Gasteiger charge is -2.18. The smallest absolute Gasteiger partial charge is 0.247 e. The van der Waals surface area contributed by atoms with E-state index in [2.05, 4.69) is 21.4 Å². The van der Waals surface area contributed by atoms with Crippen LogP contribution < -0.4 is 10.1 Å². The Labute approximate surface area is 111 Å². The van der Waals surface area contributed by atoms with Crippen molar-refractivity contribution in [2.75, 3.05) is 12.4 Å². The van der Waals surface area contributed by atoms with E-state index in [1.54, 1.807) is 13.0 Å². The standard InChI is InChI=1S/C13H16N4O2/c1-9-7-10(19-2)16-12(15-9)17-11(18)13(8-14)5-3-4-6-13/h7H,3-6H2,1-2H3,(H,15,16,17,18). The molecule has 1 fully saturated rings. The molecule has 1 N–H and O–H groups in total. The fourth-order valence-corrected chi connectivity index (χ4v) is 2.29. The lowest BCUT2D eigenvalue weighted by molar-refractivity contribution is -0.122. The minimum atomic E-state index is -0.930. The topological polar surface area (TPSA) is 87.9 Å². The molecular weight excluding hydrogens is 244 g/mol. The Hall–Kier alpha value is -2.16. The first-order valence-electron chi connectivity index (χ1n) is 6.22. The van der Waals surface area contributed by atoms with Crippen molar-refractivity contribution >= 4 is 11.9 Å². The van der Waals surface area contributed by atoms with E-state index in [9.17, 15) is 10.1 Å². The fourth-order valence-electron chi connectivity index (χ4n) is 2.29. The van der Waals surface area contributed by atoms with Crippen LogP contribution in [-0.2, 0) is 4.79 Å². The molecule has 0 bridgehead atoms. The number of methoxy groups -OCH3 is 1. The zero-order valence-corrected chi connectivity index (χ0v) is 11.1. The molecule has 0 aromatic carbocycles. The third-order valence-corrected chi connectivity index (χ3v) is 3.37. The van der Waals surface area contributed by atoms with Gasteiger partial charge in [0, 0.05) is 11.8 Å². The number of hydrogen-bond donors (Lipinski definition) is 1. The summed E-state index contributed by atoms with van der Waals surface area (Å²) < 4.78 is 5.03. The molecule has 0 aliphatic heterocycles. The molecule has 0 saturated heterocycles. The maximum atomic E-state index is 12.2. The Morgan fingerprint density at radius 1 is 1.47 bits per heavy atom. The highest BCUT2D eigenvalue weighted by atomic mass is 16.5. The van der Waals surface area contributed by atoms with E-state index in [0.29, 0.717) is 24.4 Å². The summed E-state index contributed by atoms with van der Waals surface area (Å²) >= 11 is 0. The summed E-state index contributed by atoms with van der Waals surface area (Å²) in [6, 6.07) is 3.81. The van der Waals surface area contributed by atoms with Crippen molar-refractivity contribution in [3.05, 3.63) is 11.8 Å². The van der Waals surface area contributed by atoms with Crippen LogP contribution in [0.2, 0.25) is 0 Å². The highest BCUT2D eigenvalue weighted by Crippen LogP contribution is 2.38. The van der Waals surface area contributed by atoms with Gasteiger partial charge < -0.3 is 4.74 Å². The molecule has 1 aromatic rings. The van der Waals surface area contributed by atoms with Gasteiger partial charge in [-0.05, 0) is 19.8 Å². The predicted molar refractivity (Wildman–Crippen MR) is 68.5 cm³/mol. The molecule has 19 heavy (non-hydrogen) atoms. The molecule has 1 aliphatic carbocycles. The molecule has 6 nitrogen and oxygen atoms in total. The van der Waals surface area contributed by atoms with E-state index in [4.69, 9.17) is 4.74 Å². The molecular formula is C13H16N4O2. The Bertz CT molecular complexity index is 530. The SMILES string of the molecule is COc1cc(C)nc(NC(=O)C2(C#N)CCCC2)n1. The maximum absolute atomic E-state index is 12.2. The molecule has 2 rings (SSSR count). The third kappa shape index (κ3) is 2.65. The van der Waals surface area contributed by atoms with Gasteiger partial charge in [0.05, 0.1) is 13.2 Å². The quantitative estimate of drug-likeness (QED) is 0.895. The van der Waals surface area contributed by atoms with Crippen LogP contribution in [0.1, 0.15) is 31.4 Å². The predicted octanol–water partition coefficient (Wildman–Crippen LogP) is 1.82. The van der Waals surface area contributed by atoms with E-state index in [0.717, 1.165) is 12.8 Å². The number of anilines is 1. The highest BCUT2D eigenvalue weighted by Gasteiger charge is 2.41. The first kappa shape index (κ1) is 13.3. The summed E-state index contributed by atoms with van der Waals surface area (Å²) in [5.41, 5.74) is -0.236. The summed E-state index contributed by atoms with van der Waals surface area (Å²) in [5.74, 6) is 0.253. The Kier molecular flexibility index (Phi) is 3.65. The van der Waals surface area contributed by atoms with Crippen LogP contribution >= 0.6 is 0 Å². The van der Waals surface area contributed by atoms with Crippen molar-refractivity contribution in [2.45, 2.75) is 32.6 Å². The summed E-state index contributed by atoms with van der Waals surface area (Å²) in [6.07, 6.45) is 2.99. The number of aryl methyl sites for hydroxylation is 1. The van der Waals surface area contributed by atoms with Gasteiger partial charge in [-0.25, -0.2) is 4.98 Å². The number of rotatable bonds is 3. The van der Waals surface area contributed by atoms with Crippen LogP contribution in [0.25, 0.3) is 0 Å². The van der Waals surface area contributed by atoms with Crippen molar-refractivity contribution in [1.29, 1.82) is 5.26 Å². The average molecular weight is 260 g/mol. The number of amides is 1. The zero-order valence-electron chi connectivity index (χ0n) is 11.1. The van der Waals surface area contributed by atoms with Crippen LogP contribution in [0.15, 0.2) is 6.07 Å². The van der Waals surface area contributed by atoms with Gasteiger partial charge in [-0.3, -0.25) is 10.1 Å². The van der Waals surface area contributed by atoms with Gasteiger partial charge in [0.1, 0.15) is 5.41 Å². The van der Waals surface area contributed by atoms with Gasteiger partial charge >= 0.3 is 0 Å². The van der Waals surface area contributed by atoms with Crippen molar-refractivity contribution in [3.63, 3.8) is 0 Å². The number of nitrogens with zero attached hydrogens (tertiary/aromatic N) is 3. The van der Waals surface area contributed by atoms with Crippen LogP contribution in [0.3, 0.4) is 0 Å².